The lowest BCUT2D eigenvalue weighted by Crippen LogP contribution is -2.49. The normalized spacial score (nSPS) is 19.5. The van der Waals surface area contributed by atoms with E-state index in [1.165, 1.54) is 5.56 Å². The van der Waals surface area contributed by atoms with Crippen molar-refractivity contribution in [3.63, 3.8) is 0 Å². The fourth-order valence-electron chi connectivity index (χ4n) is 5.82. The highest BCUT2D eigenvalue weighted by Gasteiger charge is 2.29. The Morgan fingerprint density at radius 2 is 1.79 bits per heavy atom. The molecule has 2 aromatic carbocycles. The van der Waals surface area contributed by atoms with Crippen LogP contribution in [0.15, 0.2) is 53.1 Å². The van der Waals surface area contributed by atoms with Crippen molar-refractivity contribution >= 4 is 22.7 Å². The van der Waals surface area contributed by atoms with Gasteiger partial charge in [-0.25, -0.2) is 4.98 Å². The van der Waals surface area contributed by atoms with Gasteiger partial charge in [-0.2, -0.15) is 4.98 Å². The van der Waals surface area contributed by atoms with Gasteiger partial charge in [-0.05, 0) is 44.0 Å². The second kappa shape index (κ2) is 10.9. The first-order valence-corrected chi connectivity index (χ1v) is 13.8. The summed E-state index contributed by atoms with van der Waals surface area (Å²) in [6, 6.07) is 16.9. The maximum atomic E-state index is 9.82. The molecular formula is C30H36N6O3. The molecule has 4 aromatic rings. The van der Waals surface area contributed by atoms with Crippen molar-refractivity contribution in [1.29, 1.82) is 0 Å². The van der Waals surface area contributed by atoms with E-state index in [9.17, 15) is 5.11 Å². The molecule has 2 atom stereocenters. The van der Waals surface area contributed by atoms with Gasteiger partial charge in [0.2, 0.25) is 5.95 Å². The van der Waals surface area contributed by atoms with Crippen LogP contribution in [-0.4, -0.2) is 83.7 Å². The predicted octanol–water partition coefficient (Wildman–Crippen LogP) is 3.98. The van der Waals surface area contributed by atoms with E-state index in [1.54, 1.807) is 0 Å². The Kier molecular flexibility index (Phi) is 7.20. The molecule has 1 unspecified atom stereocenters. The highest BCUT2D eigenvalue weighted by Crippen LogP contribution is 2.37. The summed E-state index contributed by atoms with van der Waals surface area (Å²) in [4.78, 5) is 17.3. The molecule has 39 heavy (non-hydrogen) atoms. The van der Waals surface area contributed by atoms with Gasteiger partial charge in [0.15, 0.2) is 0 Å². The minimum atomic E-state index is -0.330. The molecule has 2 saturated heterocycles. The molecule has 2 aliphatic heterocycles. The minimum Gasteiger partial charge on any atom is -0.392 e. The number of fused-ring (bicyclic) bond motifs is 1. The average Bonchev–Trinajstić information content (AvgIpc) is 3.30. The van der Waals surface area contributed by atoms with E-state index < -0.39 is 0 Å². The number of nitrogens with zero attached hydrogens (tertiary/aromatic N) is 6. The van der Waals surface area contributed by atoms with E-state index in [-0.39, 0.29) is 12.1 Å². The van der Waals surface area contributed by atoms with Crippen molar-refractivity contribution in [3.05, 3.63) is 65.5 Å². The quantitative estimate of drug-likeness (QED) is 0.399. The van der Waals surface area contributed by atoms with Gasteiger partial charge in [0.05, 0.1) is 36.6 Å². The molecule has 9 heteroatoms. The van der Waals surface area contributed by atoms with Crippen LogP contribution in [0.3, 0.4) is 0 Å². The average molecular weight is 529 g/mol. The third-order valence-corrected chi connectivity index (χ3v) is 7.75. The first kappa shape index (κ1) is 25.7. The van der Waals surface area contributed by atoms with Crippen LogP contribution in [0.25, 0.3) is 22.0 Å². The van der Waals surface area contributed by atoms with E-state index >= 15 is 0 Å². The summed E-state index contributed by atoms with van der Waals surface area (Å²) >= 11 is 0. The number of hydrogen-bond donors (Lipinski definition) is 1. The van der Waals surface area contributed by atoms with E-state index in [2.05, 4.69) is 62.3 Å². The molecule has 6 rings (SSSR count). The van der Waals surface area contributed by atoms with Gasteiger partial charge in [-0.1, -0.05) is 41.6 Å². The van der Waals surface area contributed by atoms with Crippen molar-refractivity contribution in [3.8, 4) is 11.1 Å². The number of piperazine rings is 1. The Morgan fingerprint density at radius 1 is 1.00 bits per heavy atom. The number of aryl methyl sites for hydroxylation is 2. The molecule has 1 N–H and O–H groups in total. The van der Waals surface area contributed by atoms with Crippen LogP contribution in [-0.2, 0) is 4.74 Å². The number of benzene rings is 2. The highest BCUT2D eigenvalue weighted by molar-refractivity contribution is 5.94. The Balaban J connectivity index is 1.44. The molecule has 0 saturated carbocycles. The molecule has 0 bridgehead atoms. The van der Waals surface area contributed by atoms with Crippen LogP contribution >= 0.6 is 0 Å². The number of aliphatic hydroxyl groups is 1. The zero-order valence-corrected chi connectivity index (χ0v) is 22.9. The highest BCUT2D eigenvalue weighted by atomic mass is 16.5. The summed E-state index contributed by atoms with van der Waals surface area (Å²) in [6.45, 7) is 11.8. The molecule has 204 valence electrons. The fraction of sp³-hybridized carbons (Fsp3) is 0.433. The third-order valence-electron chi connectivity index (χ3n) is 7.75. The van der Waals surface area contributed by atoms with Gasteiger partial charge in [0.1, 0.15) is 11.6 Å². The summed E-state index contributed by atoms with van der Waals surface area (Å²) < 4.78 is 11.4. The molecule has 0 aliphatic carbocycles. The number of β-amino-alcohol motifs (C(OH)–C–C–N with tert-alkyl or cyclic N) is 1. The first-order valence-electron chi connectivity index (χ1n) is 13.8. The van der Waals surface area contributed by atoms with E-state index in [0.717, 1.165) is 78.0 Å². The Morgan fingerprint density at radius 3 is 2.51 bits per heavy atom. The number of ether oxygens (including phenoxy) is 1. The predicted molar refractivity (Wildman–Crippen MR) is 152 cm³/mol. The Bertz CT molecular complexity index is 1410. The number of aromatic nitrogens is 3. The number of anilines is 2. The molecule has 2 aliphatic rings. The fourth-order valence-corrected chi connectivity index (χ4v) is 5.82. The number of rotatable bonds is 6. The van der Waals surface area contributed by atoms with E-state index in [4.69, 9.17) is 19.2 Å². The largest absolute Gasteiger partial charge is 0.392 e. The van der Waals surface area contributed by atoms with Crippen LogP contribution in [0.4, 0.5) is 11.8 Å². The third kappa shape index (κ3) is 5.22. The molecule has 4 heterocycles. The summed E-state index contributed by atoms with van der Waals surface area (Å²) in [5.74, 6) is 2.47. The summed E-state index contributed by atoms with van der Waals surface area (Å²) in [7, 11) is 0. The Labute approximate surface area is 229 Å². The SMILES string of the molecule is Cc1noc(C)c1-c1ccc2nc(N3CCN(C[C@H](C)O)CC3)nc(N3CCOCC3c3ccccc3)c2c1. The monoisotopic (exact) mass is 528 g/mol. The van der Waals surface area contributed by atoms with E-state index in [0.29, 0.717) is 19.8 Å². The summed E-state index contributed by atoms with van der Waals surface area (Å²) in [6.07, 6.45) is -0.330. The molecule has 0 spiro atoms. The van der Waals surface area contributed by atoms with Crippen molar-refractivity contribution in [2.24, 2.45) is 0 Å². The van der Waals surface area contributed by atoms with Gasteiger partial charge in [-0.15, -0.1) is 0 Å². The number of aliphatic hydroxyl groups excluding tert-OH is 1. The van der Waals surface area contributed by atoms with Crippen LogP contribution in [0.5, 0.6) is 0 Å². The second-order valence-electron chi connectivity index (χ2n) is 10.6. The summed E-state index contributed by atoms with van der Waals surface area (Å²) in [5, 5.41) is 15.0. The lowest BCUT2D eigenvalue weighted by molar-refractivity contribution is 0.0938. The number of morpholine rings is 1. The molecule has 0 amide bonds. The van der Waals surface area contributed by atoms with Gasteiger partial charge in [-0.3, -0.25) is 4.90 Å². The standard InChI is InChI=1S/C30H36N6O3/c1-20(37)18-34-11-13-35(14-12-34)30-31-26-10-9-24(28-21(2)33-39-22(28)3)17-25(26)29(32-30)36-15-16-38-19-27(36)23-7-5-4-6-8-23/h4-10,17,20,27,37H,11-16,18-19H2,1-3H3/t20-,27?/m0/s1. The maximum Gasteiger partial charge on any atom is 0.227 e. The minimum absolute atomic E-state index is 0.0523. The first-order chi connectivity index (χ1) is 19.0. The van der Waals surface area contributed by atoms with Crippen molar-refractivity contribution in [2.75, 3.05) is 62.3 Å². The van der Waals surface area contributed by atoms with Gasteiger partial charge >= 0.3 is 0 Å². The molecule has 9 nitrogen and oxygen atoms in total. The zero-order valence-electron chi connectivity index (χ0n) is 22.9. The van der Waals surface area contributed by atoms with Crippen LogP contribution in [0.1, 0.15) is 30.0 Å². The van der Waals surface area contributed by atoms with E-state index in [1.807, 2.05) is 26.8 Å². The van der Waals surface area contributed by atoms with Crippen molar-refractivity contribution < 1.29 is 14.4 Å². The van der Waals surface area contributed by atoms with Crippen LogP contribution in [0, 0.1) is 13.8 Å². The van der Waals surface area contributed by atoms with Crippen LogP contribution < -0.4 is 9.80 Å². The second-order valence-corrected chi connectivity index (χ2v) is 10.6. The zero-order chi connectivity index (χ0) is 26.9. The van der Waals surface area contributed by atoms with Gasteiger partial charge in [0.25, 0.3) is 0 Å². The van der Waals surface area contributed by atoms with Gasteiger partial charge < -0.3 is 24.2 Å². The molecule has 0 radical (unpaired) electrons. The molecular weight excluding hydrogens is 492 g/mol. The van der Waals surface area contributed by atoms with Crippen molar-refractivity contribution in [2.45, 2.75) is 32.9 Å². The topological polar surface area (TPSA) is 91.0 Å². The number of hydrogen-bond acceptors (Lipinski definition) is 9. The van der Waals surface area contributed by atoms with Gasteiger partial charge in [0, 0.05) is 50.2 Å². The maximum absolute atomic E-state index is 9.82. The van der Waals surface area contributed by atoms with Crippen molar-refractivity contribution in [1.82, 2.24) is 20.0 Å². The lowest BCUT2D eigenvalue weighted by Gasteiger charge is -2.39. The molecule has 2 aromatic heterocycles. The van der Waals surface area contributed by atoms with Crippen LogP contribution in [0.2, 0.25) is 0 Å². The Hall–Kier alpha value is -3.53. The lowest BCUT2D eigenvalue weighted by atomic mass is 10.0. The summed E-state index contributed by atoms with van der Waals surface area (Å²) in [5.41, 5.74) is 5.05. The molecule has 2 fully saturated rings. The smallest absolute Gasteiger partial charge is 0.227 e.